The van der Waals surface area contributed by atoms with Crippen LogP contribution in [0.4, 0.5) is 4.39 Å². The number of hydrogen-bond acceptors (Lipinski definition) is 4. The molecule has 0 aliphatic carbocycles. The van der Waals surface area contributed by atoms with Crippen LogP contribution in [-0.4, -0.2) is 37.9 Å². The molecule has 1 fully saturated rings. The van der Waals surface area contributed by atoms with E-state index >= 15 is 0 Å². The lowest BCUT2D eigenvalue weighted by molar-refractivity contribution is 0.324. The van der Waals surface area contributed by atoms with E-state index in [0.29, 0.717) is 12.1 Å². The van der Waals surface area contributed by atoms with Crippen molar-refractivity contribution in [3.05, 3.63) is 65.7 Å². The van der Waals surface area contributed by atoms with Crippen molar-refractivity contribution in [1.82, 2.24) is 19.7 Å². The molecule has 0 bridgehead atoms. The molecule has 0 amide bonds. The number of aromatic nitrogens is 3. The van der Waals surface area contributed by atoms with Gasteiger partial charge in [0, 0.05) is 29.1 Å². The van der Waals surface area contributed by atoms with Gasteiger partial charge >= 0.3 is 0 Å². The van der Waals surface area contributed by atoms with Crippen molar-refractivity contribution in [3.8, 4) is 5.75 Å². The molecule has 4 aromatic rings. The Balaban J connectivity index is 1.59. The number of rotatable bonds is 4. The van der Waals surface area contributed by atoms with E-state index in [-0.39, 0.29) is 11.6 Å². The maximum absolute atomic E-state index is 13.5. The maximum atomic E-state index is 13.5. The minimum Gasteiger partial charge on any atom is -0.505 e. The molecule has 5 rings (SSSR count). The fraction of sp³-hybridized carbons (Fsp3) is 0.273. The third kappa shape index (κ3) is 2.99. The number of hydrogen-bond donors (Lipinski definition) is 1. The number of aromatic hydroxyl groups is 1. The molecule has 1 saturated heterocycles. The molecule has 1 aliphatic heterocycles. The van der Waals surface area contributed by atoms with Gasteiger partial charge in [0.05, 0.1) is 18.3 Å². The van der Waals surface area contributed by atoms with Crippen LogP contribution in [0.25, 0.3) is 21.8 Å². The minimum absolute atomic E-state index is 0.263. The standard InChI is InChI=1S/C22H21FN4O/c23-18-5-6-20-15(11-18)12-25-27(20)14-16-10-17(13-26-8-1-2-9-26)22(28)21-19(16)4-3-7-24-21/h3-7,10-12,28H,1-2,8-9,13-14H2. The highest BCUT2D eigenvalue weighted by atomic mass is 19.1. The zero-order chi connectivity index (χ0) is 19.1. The van der Waals surface area contributed by atoms with E-state index in [2.05, 4.69) is 21.0 Å². The van der Waals surface area contributed by atoms with E-state index in [1.165, 1.54) is 25.0 Å². The fourth-order valence-corrected chi connectivity index (χ4v) is 4.14. The monoisotopic (exact) mass is 376 g/mol. The first-order valence-electron chi connectivity index (χ1n) is 9.61. The lowest BCUT2D eigenvalue weighted by atomic mass is 10.0. The Kier molecular flexibility index (Phi) is 4.20. The molecule has 1 aliphatic rings. The summed E-state index contributed by atoms with van der Waals surface area (Å²) in [6.07, 6.45) is 5.80. The zero-order valence-electron chi connectivity index (χ0n) is 15.5. The van der Waals surface area contributed by atoms with Gasteiger partial charge < -0.3 is 5.11 Å². The van der Waals surface area contributed by atoms with Gasteiger partial charge in [-0.15, -0.1) is 0 Å². The fourth-order valence-electron chi connectivity index (χ4n) is 4.14. The Labute approximate surface area is 162 Å². The molecule has 28 heavy (non-hydrogen) atoms. The first kappa shape index (κ1) is 17.1. The second-order valence-corrected chi connectivity index (χ2v) is 7.43. The topological polar surface area (TPSA) is 54.2 Å². The first-order chi connectivity index (χ1) is 13.7. The van der Waals surface area contributed by atoms with Crippen molar-refractivity contribution in [2.45, 2.75) is 25.9 Å². The van der Waals surface area contributed by atoms with Crippen molar-refractivity contribution >= 4 is 21.8 Å². The van der Waals surface area contributed by atoms with Gasteiger partial charge in [-0.3, -0.25) is 14.6 Å². The summed E-state index contributed by atoms with van der Waals surface area (Å²) in [5, 5.41) is 16.9. The smallest absolute Gasteiger partial charge is 0.146 e. The molecule has 0 radical (unpaired) electrons. The van der Waals surface area contributed by atoms with Crippen LogP contribution in [-0.2, 0) is 13.1 Å². The number of pyridine rings is 1. The van der Waals surface area contributed by atoms with E-state index in [4.69, 9.17) is 0 Å². The molecule has 0 saturated carbocycles. The number of nitrogens with zero attached hydrogens (tertiary/aromatic N) is 4. The van der Waals surface area contributed by atoms with Gasteiger partial charge in [0.1, 0.15) is 17.1 Å². The van der Waals surface area contributed by atoms with Gasteiger partial charge in [-0.1, -0.05) is 6.07 Å². The Hall–Kier alpha value is -2.99. The molecule has 0 unspecified atom stereocenters. The highest BCUT2D eigenvalue weighted by Crippen LogP contribution is 2.32. The summed E-state index contributed by atoms with van der Waals surface area (Å²) in [5.41, 5.74) is 3.44. The van der Waals surface area contributed by atoms with Crippen molar-refractivity contribution in [3.63, 3.8) is 0 Å². The Bertz CT molecular complexity index is 1160. The third-order valence-corrected chi connectivity index (χ3v) is 5.55. The van der Waals surface area contributed by atoms with Crippen LogP contribution in [0.3, 0.4) is 0 Å². The predicted octanol–water partition coefficient (Wildman–Crippen LogP) is 4.07. The molecule has 142 valence electrons. The summed E-state index contributed by atoms with van der Waals surface area (Å²) < 4.78 is 15.4. The van der Waals surface area contributed by atoms with Gasteiger partial charge in [-0.2, -0.15) is 5.10 Å². The lowest BCUT2D eigenvalue weighted by Crippen LogP contribution is -2.18. The summed E-state index contributed by atoms with van der Waals surface area (Å²) >= 11 is 0. The SMILES string of the molecule is Oc1c(CN2CCCC2)cc(Cn2ncc3cc(F)ccc32)c2cccnc12. The van der Waals surface area contributed by atoms with Crippen molar-refractivity contribution < 1.29 is 9.50 Å². The van der Waals surface area contributed by atoms with Crippen LogP contribution in [0, 0.1) is 5.82 Å². The predicted molar refractivity (Wildman–Crippen MR) is 107 cm³/mol. The summed E-state index contributed by atoms with van der Waals surface area (Å²) in [6, 6.07) is 10.6. The van der Waals surface area contributed by atoms with Crippen LogP contribution in [0.1, 0.15) is 24.0 Å². The zero-order valence-corrected chi connectivity index (χ0v) is 15.5. The molecule has 1 N–H and O–H groups in total. The number of fused-ring (bicyclic) bond motifs is 2. The van der Waals surface area contributed by atoms with E-state index < -0.39 is 0 Å². The molecule has 2 aromatic carbocycles. The summed E-state index contributed by atoms with van der Waals surface area (Å²) in [7, 11) is 0. The number of phenolic OH excluding ortho intramolecular Hbond substituents is 1. The van der Waals surface area contributed by atoms with E-state index in [1.807, 2.05) is 16.8 Å². The number of halogens is 1. The van der Waals surface area contributed by atoms with E-state index in [1.54, 1.807) is 18.5 Å². The van der Waals surface area contributed by atoms with Gasteiger partial charge in [-0.05, 0) is 61.8 Å². The second kappa shape index (κ2) is 6.87. The molecular weight excluding hydrogens is 355 g/mol. The Morgan fingerprint density at radius 2 is 1.89 bits per heavy atom. The van der Waals surface area contributed by atoms with Crippen molar-refractivity contribution in [2.75, 3.05) is 13.1 Å². The first-order valence-corrected chi connectivity index (χ1v) is 9.61. The van der Waals surface area contributed by atoms with E-state index in [9.17, 15) is 9.50 Å². The average Bonchev–Trinajstić information content (AvgIpc) is 3.35. The van der Waals surface area contributed by atoms with Gasteiger partial charge in [0.15, 0.2) is 0 Å². The van der Waals surface area contributed by atoms with Crippen molar-refractivity contribution in [2.24, 2.45) is 0 Å². The Morgan fingerprint density at radius 1 is 1.04 bits per heavy atom. The maximum Gasteiger partial charge on any atom is 0.146 e. The summed E-state index contributed by atoms with van der Waals surface area (Å²) in [6.45, 7) is 3.37. The van der Waals surface area contributed by atoms with Crippen molar-refractivity contribution in [1.29, 1.82) is 0 Å². The summed E-state index contributed by atoms with van der Waals surface area (Å²) in [4.78, 5) is 6.79. The van der Waals surface area contributed by atoms with Gasteiger partial charge in [0.2, 0.25) is 0 Å². The van der Waals surface area contributed by atoms with Crippen LogP contribution in [0.5, 0.6) is 5.75 Å². The number of phenols is 1. The molecule has 0 spiro atoms. The molecule has 6 heteroatoms. The largest absolute Gasteiger partial charge is 0.505 e. The van der Waals surface area contributed by atoms with Gasteiger partial charge in [-0.25, -0.2) is 4.39 Å². The van der Waals surface area contributed by atoms with Crippen LogP contribution < -0.4 is 0 Å². The van der Waals surface area contributed by atoms with Crippen LogP contribution in [0.2, 0.25) is 0 Å². The highest BCUT2D eigenvalue weighted by molar-refractivity contribution is 5.89. The van der Waals surface area contributed by atoms with Gasteiger partial charge in [0.25, 0.3) is 0 Å². The van der Waals surface area contributed by atoms with E-state index in [0.717, 1.165) is 47.1 Å². The number of benzene rings is 2. The Morgan fingerprint density at radius 3 is 2.75 bits per heavy atom. The molecular formula is C22H21FN4O. The third-order valence-electron chi connectivity index (χ3n) is 5.55. The molecule has 5 nitrogen and oxygen atoms in total. The normalized spacial score (nSPS) is 15.0. The second-order valence-electron chi connectivity index (χ2n) is 7.43. The van der Waals surface area contributed by atoms with Crippen LogP contribution >= 0.6 is 0 Å². The highest BCUT2D eigenvalue weighted by Gasteiger charge is 2.18. The van der Waals surface area contributed by atoms with Crippen LogP contribution in [0.15, 0.2) is 48.8 Å². The number of likely N-dealkylation sites (tertiary alicyclic amines) is 1. The molecule has 0 atom stereocenters. The average molecular weight is 376 g/mol. The summed E-state index contributed by atoms with van der Waals surface area (Å²) in [5.74, 6) is -0.00197. The minimum atomic E-state index is -0.265. The molecule has 3 heterocycles. The quantitative estimate of drug-likeness (QED) is 0.583. The molecule has 2 aromatic heterocycles. The lowest BCUT2D eigenvalue weighted by Gasteiger charge is -2.18.